The van der Waals surface area contributed by atoms with Crippen LogP contribution in [0.1, 0.15) is 12.8 Å². The van der Waals surface area contributed by atoms with Crippen LogP contribution in [0.3, 0.4) is 0 Å². The Labute approximate surface area is 152 Å². The molecule has 1 aliphatic heterocycles. The van der Waals surface area contributed by atoms with Gasteiger partial charge in [0, 0.05) is 19.1 Å². The molecule has 3 rings (SSSR count). The number of hydrogen-bond acceptors (Lipinski definition) is 4. The van der Waals surface area contributed by atoms with Gasteiger partial charge in [-0.3, -0.25) is 0 Å². The van der Waals surface area contributed by atoms with E-state index in [9.17, 15) is 21.2 Å². The molecule has 0 aromatic heterocycles. The van der Waals surface area contributed by atoms with Crippen molar-refractivity contribution in [1.82, 2.24) is 9.03 Å². The molecule has 0 spiro atoms. The average Bonchev–Trinajstić information content (AvgIpc) is 2.63. The number of halogens is 1. The van der Waals surface area contributed by atoms with Crippen molar-refractivity contribution in [3.8, 4) is 0 Å². The summed E-state index contributed by atoms with van der Waals surface area (Å²) in [5.74, 6) is -0.614. The fourth-order valence-corrected chi connectivity index (χ4v) is 5.71. The van der Waals surface area contributed by atoms with Crippen molar-refractivity contribution in [3.63, 3.8) is 0 Å². The van der Waals surface area contributed by atoms with Crippen LogP contribution in [0.15, 0.2) is 64.4 Å². The SMILES string of the molecule is O=S(=O)(NC1CCN(S(=O)(=O)c2cccc(F)c2)CC1)c1ccccc1. The van der Waals surface area contributed by atoms with Crippen molar-refractivity contribution in [1.29, 1.82) is 0 Å². The number of nitrogens with zero attached hydrogens (tertiary/aromatic N) is 1. The fourth-order valence-electron chi connectivity index (χ4n) is 2.88. The zero-order valence-corrected chi connectivity index (χ0v) is 15.5. The van der Waals surface area contributed by atoms with E-state index in [0.29, 0.717) is 12.8 Å². The molecule has 1 heterocycles. The smallest absolute Gasteiger partial charge is 0.208 e. The van der Waals surface area contributed by atoms with Crippen LogP contribution in [-0.2, 0) is 20.0 Å². The molecule has 6 nitrogen and oxygen atoms in total. The van der Waals surface area contributed by atoms with E-state index in [1.165, 1.54) is 34.6 Å². The minimum Gasteiger partial charge on any atom is -0.208 e. The Kier molecular flexibility index (Phi) is 5.42. The highest BCUT2D eigenvalue weighted by Crippen LogP contribution is 2.22. The van der Waals surface area contributed by atoms with E-state index >= 15 is 0 Å². The second-order valence-electron chi connectivity index (χ2n) is 6.07. The van der Waals surface area contributed by atoms with Gasteiger partial charge >= 0.3 is 0 Å². The van der Waals surface area contributed by atoms with Gasteiger partial charge < -0.3 is 0 Å². The third kappa shape index (κ3) is 4.12. The van der Waals surface area contributed by atoms with Crippen molar-refractivity contribution in [3.05, 3.63) is 60.4 Å². The predicted octanol–water partition coefficient (Wildman–Crippen LogP) is 1.96. The highest BCUT2D eigenvalue weighted by atomic mass is 32.2. The van der Waals surface area contributed by atoms with Crippen LogP contribution in [-0.4, -0.2) is 40.3 Å². The van der Waals surface area contributed by atoms with Gasteiger partial charge in [-0.25, -0.2) is 25.9 Å². The number of benzene rings is 2. The van der Waals surface area contributed by atoms with Crippen LogP contribution in [0.25, 0.3) is 0 Å². The van der Waals surface area contributed by atoms with Gasteiger partial charge in [-0.2, -0.15) is 4.31 Å². The maximum Gasteiger partial charge on any atom is 0.243 e. The van der Waals surface area contributed by atoms with Crippen molar-refractivity contribution < 1.29 is 21.2 Å². The lowest BCUT2D eigenvalue weighted by Crippen LogP contribution is -2.46. The van der Waals surface area contributed by atoms with Gasteiger partial charge in [-0.05, 0) is 43.2 Å². The maximum atomic E-state index is 13.3. The molecule has 26 heavy (non-hydrogen) atoms. The van der Waals surface area contributed by atoms with E-state index in [-0.39, 0.29) is 28.9 Å². The van der Waals surface area contributed by atoms with Gasteiger partial charge in [0.05, 0.1) is 9.79 Å². The Balaban J connectivity index is 1.66. The van der Waals surface area contributed by atoms with Gasteiger partial charge in [0.15, 0.2) is 0 Å². The first-order chi connectivity index (χ1) is 12.3. The summed E-state index contributed by atoms with van der Waals surface area (Å²) < 4.78 is 67.0. The normalized spacial score (nSPS) is 17.3. The van der Waals surface area contributed by atoms with E-state index in [4.69, 9.17) is 0 Å². The Morgan fingerprint density at radius 1 is 0.885 bits per heavy atom. The maximum absolute atomic E-state index is 13.3. The molecule has 140 valence electrons. The van der Waals surface area contributed by atoms with Gasteiger partial charge in [0.1, 0.15) is 5.82 Å². The van der Waals surface area contributed by atoms with Gasteiger partial charge in [0.2, 0.25) is 20.0 Å². The summed E-state index contributed by atoms with van der Waals surface area (Å²) in [7, 11) is -7.43. The quantitative estimate of drug-likeness (QED) is 0.835. The molecule has 1 fully saturated rings. The zero-order valence-electron chi connectivity index (χ0n) is 13.9. The number of nitrogens with one attached hydrogen (secondary N) is 1. The van der Waals surface area contributed by atoms with Crippen LogP contribution in [0.2, 0.25) is 0 Å². The van der Waals surface area contributed by atoms with Crippen LogP contribution in [0.5, 0.6) is 0 Å². The summed E-state index contributed by atoms with van der Waals surface area (Å²) in [6.45, 7) is 0.335. The van der Waals surface area contributed by atoms with E-state index in [1.54, 1.807) is 18.2 Å². The molecular formula is C17H19FN2O4S2. The van der Waals surface area contributed by atoms with E-state index < -0.39 is 25.9 Å². The molecule has 1 aliphatic rings. The number of hydrogen-bond donors (Lipinski definition) is 1. The first kappa shape index (κ1) is 19.0. The molecule has 0 radical (unpaired) electrons. The summed E-state index contributed by atoms with van der Waals surface area (Å²) in [4.78, 5) is 0.0793. The summed E-state index contributed by atoms with van der Waals surface area (Å²) in [6, 6.07) is 12.5. The minimum absolute atomic E-state index is 0.0965. The lowest BCUT2D eigenvalue weighted by Gasteiger charge is -2.31. The molecule has 1 saturated heterocycles. The third-order valence-corrected chi connectivity index (χ3v) is 7.69. The minimum atomic E-state index is -3.79. The highest BCUT2D eigenvalue weighted by molar-refractivity contribution is 7.89. The zero-order chi connectivity index (χ0) is 18.8. The molecule has 2 aromatic carbocycles. The molecule has 0 aliphatic carbocycles. The molecule has 0 amide bonds. The molecular weight excluding hydrogens is 379 g/mol. The topological polar surface area (TPSA) is 83.6 Å². The van der Waals surface area contributed by atoms with Crippen molar-refractivity contribution in [2.24, 2.45) is 0 Å². The van der Waals surface area contributed by atoms with Gasteiger partial charge in [-0.15, -0.1) is 0 Å². The summed E-state index contributed by atoms with van der Waals surface area (Å²) in [6.07, 6.45) is 0.696. The molecule has 1 N–H and O–H groups in total. The lowest BCUT2D eigenvalue weighted by molar-refractivity contribution is 0.308. The molecule has 0 bridgehead atoms. The second kappa shape index (κ2) is 7.43. The summed E-state index contributed by atoms with van der Waals surface area (Å²) in [5, 5.41) is 0. The van der Waals surface area contributed by atoms with Gasteiger partial charge in [-0.1, -0.05) is 24.3 Å². The molecule has 0 atom stereocenters. The Hall–Kier alpha value is -1.81. The second-order valence-corrected chi connectivity index (χ2v) is 9.72. The van der Waals surface area contributed by atoms with Crippen molar-refractivity contribution in [2.75, 3.05) is 13.1 Å². The van der Waals surface area contributed by atoms with Crippen molar-refractivity contribution >= 4 is 20.0 Å². The van der Waals surface area contributed by atoms with Crippen molar-refractivity contribution in [2.45, 2.75) is 28.7 Å². The lowest BCUT2D eigenvalue weighted by atomic mass is 10.1. The largest absolute Gasteiger partial charge is 0.243 e. The van der Waals surface area contributed by atoms with E-state index in [0.717, 1.165) is 6.07 Å². The number of piperidine rings is 1. The first-order valence-electron chi connectivity index (χ1n) is 8.12. The average molecular weight is 398 g/mol. The predicted molar refractivity (Wildman–Crippen MR) is 94.9 cm³/mol. The summed E-state index contributed by atoms with van der Waals surface area (Å²) >= 11 is 0. The fraction of sp³-hybridized carbons (Fsp3) is 0.294. The molecule has 2 aromatic rings. The molecule has 9 heteroatoms. The van der Waals surface area contributed by atoms with Crippen LogP contribution in [0, 0.1) is 5.82 Å². The molecule has 0 saturated carbocycles. The molecule has 0 unspecified atom stereocenters. The van der Waals surface area contributed by atoms with Crippen LogP contribution in [0.4, 0.5) is 4.39 Å². The first-order valence-corrected chi connectivity index (χ1v) is 11.0. The highest BCUT2D eigenvalue weighted by Gasteiger charge is 2.31. The third-order valence-electron chi connectivity index (χ3n) is 4.26. The van der Waals surface area contributed by atoms with Gasteiger partial charge in [0.25, 0.3) is 0 Å². The Morgan fingerprint density at radius 3 is 2.12 bits per heavy atom. The Bertz CT molecular complexity index is 971. The standard InChI is InChI=1S/C17H19FN2O4S2/c18-14-5-4-8-17(13-14)26(23,24)20-11-9-15(10-12-20)19-25(21,22)16-6-2-1-3-7-16/h1-8,13,15,19H,9-12H2. The van der Waals surface area contributed by atoms with E-state index in [1.807, 2.05) is 0 Å². The number of rotatable bonds is 5. The monoisotopic (exact) mass is 398 g/mol. The Morgan fingerprint density at radius 2 is 1.50 bits per heavy atom. The number of sulfonamides is 2. The van der Waals surface area contributed by atoms with E-state index in [2.05, 4.69) is 4.72 Å². The summed E-state index contributed by atoms with van der Waals surface area (Å²) in [5.41, 5.74) is 0. The van der Waals surface area contributed by atoms with Crippen LogP contribution >= 0.6 is 0 Å². The van der Waals surface area contributed by atoms with Crippen LogP contribution < -0.4 is 4.72 Å².